The van der Waals surface area contributed by atoms with Gasteiger partial charge in [-0.25, -0.2) is 4.98 Å². The lowest BCUT2D eigenvalue weighted by Crippen LogP contribution is -2.54. The zero-order valence-corrected chi connectivity index (χ0v) is 24.0. The van der Waals surface area contributed by atoms with Crippen molar-refractivity contribution in [2.45, 2.75) is 58.0 Å². The Balaban J connectivity index is 1.10. The van der Waals surface area contributed by atoms with Crippen molar-refractivity contribution in [3.63, 3.8) is 0 Å². The number of aromatic nitrogens is 5. The number of imidazole rings is 1. The summed E-state index contributed by atoms with van der Waals surface area (Å²) in [5.74, 6) is 1.48. The van der Waals surface area contributed by atoms with Crippen molar-refractivity contribution >= 4 is 28.3 Å². The van der Waals surface area contributed by atoms with Gasteiger partial charge in [0, 0.05) is 62.1 Å². The summed E-state index contributed by atoms with van der Waals surface area (Å²) in [6.45, 7) is 12.8. The minimum Gasteiger partial charge on any atom is -0.496 e. The van der Waals surface area contributed by atoms with Crippen molar-refractivity contribution in [1.29, 1.82) is 0 Å². The highest BCUT2D eigenvalue weighted by Gasteiger charge is 2.29. The van der Waals surface area contributed by atoms with E-state index in [9.17, 15) is 4.79 Å². The lowest BCUT2D eigenvalue weighted by molar-refractivity contribution is 0.0505. The van der Waals surface area contributed by atoms with Crippen LogP contribution in [-0.4, -0.2) is 85.5 Å². The summed E-state index contributed by atoms with van der Waals surface area (Å²) in [6.07, 6.45) is 10.1. The second-order valence-corrected chi connectivity index (χ2v) is 12.2. The summed E-state index contributed by atoms with van der Waals surface area (Å²) in [4.78, 5) is 22.8. The van der Waals surface area contributed by atoms with Crippen molar-refractivity contribution in [3.05, 3.63) is 48.4 Å². The van der Waals surface area contributed by atoms with Crippen LogP contribution in [0.3, 0.4) is 0 Å². The van der Waals surface area contributed by atoms with Crippen LogP contribution in [0.2, 0.25) is 0 Å². The maximum absolute atomic E-state index is 13.3. The molecule has 0 bridgehead atoms. The van der Waals surface area contributed by atoms with Crippen LogP contribution < -0.4 is 10.1 Å². The van der Waals surface area contributed by atoms with Crippen LogP contribution >= 0.6 is 0 Å². The third kappa shape index (κ3) is 5.42. The molecule has 4 aromatic rings. The fourth-order valence-corrected chi connectivity index (χ4v) is 6.26. The minimum atomic E-state index is -0.275. The molecule has 1 aliphatic carbocycles. The number of ether oxygens (including phenoxy) is 1. The molecule has 212 valence electrons. The van der Waals surface area contributed by atoms with Crippen LogP contribution in [0.4, 0.5) is 5.82 Å². The van der Waals surface area contributed by atoms with Crippen LogP contribution in [-0.2, 0) is 0 Å². The highest BCUT2D eigenvalue weighted by molar-refractivity contribution is 6.08. The van der Waals surface area contributed by atoms with Gasteiger partial charge in [-0.05, 0) is 70.6 Å². The third-order valence-corrected chi connectivity index (χ3v) is 8.64. The van der Waals surface area contributed by atoms with Gasteiger partial charge >= 0.3 is 0 Å². The first-order chi connectivity index (χ1) is 19.3. The topological polar surface area (TPSA) is 92.8 Å². The van der Waals surface area contributed by atoms with Crippen molar-refractivity contribution in [2.24, 2.45) is 5.92 Å². The highest BCUT2D eigenvalue weighted by atomic mass is 16.5. The van der Waals surface area contributed by atoms with Gasteiger partial charge in [0.15, 0.2) is 11.5 Å². The zero-order valence-electron chi connectivity index (χ0n) is 24.0. The first-order valence-corrected chi connectivity index (χ1v) is 14.4. The Morgan fingerprint density at radius 1 is 1.10 bits per heavy atom. The first kappa shape index (κ1) is 26.7. The molecule has 1 N–H and O–H groups in total. The number of fused-ring (bicyclic) bond motifs is 2. The Morgan fingerprint density at radius 3 is 2.60 bits per heavy atom. The van der Waals surface area contributed by atoms with E-state index in [1.54, 1.807) is 24.0 Å². The van der Waals surface area contributed by atoms with Gasteiger partial charge in [-0.1, -0.05) is 0 Å². The smallest absolute Gasteiger partial charge is 0.260 e. The average Bonchev–Trinajstić information content (AvgIpc) is 3.56. The lowest BCUT2D eigenvalue weighted by Gasteiger charge is -2.43. The summed E-state index contributed by atoms with van der Waals surface area (Å²) in [5.41, 5.74) is 2.22. The van der Waals surface area contributed by atoms with Crippen LogP contribution in [0.5, 0.6) is 5.75 Å². The quantitative estimate of drug-likeness (QED) is 0.382. The van der Waals surface area contributed by atoms with Gasteiger partial charge in [-0.2, -0.15) is 14.7 Å². The maximum atomic E-state index is 13.3. The van der Waals surface area contributed by atoms with E-state index in [1.165, 1.54) is 32.5 Å². The predicted octanol–water partition coefficient (Wildman–Crippen LogP) is 4.49. The zero-order chi connectivity index (χ0) is 27.9. The van der Waals surface area contributed by atoms with Gasteiger partial charge < -0.3 is 15.0 Å². The number of amides is 1. The Morgan fingerprint density at radius 2 is 1.88 bits per heavy atom. The number of nitrogens with one attached hydrogen (secondary N) is 1. The second-order valence-electron chi connectivity index (χ2n) is 12.2. The highest BCUT2D eigenvalue weighted by Crippen LogP contribution is 2.34. The van der Waals surface area contributed by atoms with Crippen molar-refractivity contribution in [3.8, 4) is 5.75 Å². The molecular weight excluding hydrogens is 504 g/mol. The monoisotopic (exact) mass is 544 g/mol. The molecular formula is C30H40N8O2. The van der Waals surface area contributed by atoms with E-state index in [0.717, 1.165) is 42.8 Å². The van der Waals surface area contributed by atoms with Crippen LogP contribution in [0.25, 0.3) is 16.6 Å². The molecule has 2 aliphatic rings. The lowest BCUT2D eigenvalue weighted by atomic mass is 9.85. The van der Waals surface area contributed by atoms with E-state index >= 15 is 0 Å². The Labute approximate surface area is 235 Å². The molecule has 0 atom stereocenters. The number of benzene rings is 1. The SMILES string of the molecule is COc1cc2nn(C3CCC(CN4CCN(C(C)(C)C)CC4)CC3)cc2cc1C(=O)Nc1cnc2cccnn12. The third-order valence-electron chi connectivity index (χ3n) is 8.64. The maximum Gasteiger partial charge on any atom is 0.260 e. The van der Waals surface area contributed by atoms with Crippen LogP contribution in [0.15, 0.2) is 42.9 Å². The standard InChI is InChI=1S/C30H40N8O2/c1-30(2,3)36-14-12-35(13-15-36)19-21-7-9-23(10-8-21)37-20-22-16-24(26(40-4)17-25(22)34-37)29(39)33-28-18-31-27-6-5-11-32-38(27)28/h5-6,11,16-18,20-21,23H,7-10,12-15,19H2,1-4H3,(H,33,39). The number of nitrogens with zero attached hydrogens (tertiary/aromatic N) is 7. The average molecular weight is 545 g/mol. The first-order valence-electron chi connectivity index (χ1n) is 14.4. The van der Waals surface area contributed by atoms with E-state index in [2.05, 4.69) is 56.8 Å². The number of carbonyl (C=O) groups is 1. The number of hydrogen-bond acceptors (Lipinski definition) is 7. The summed E-state index contributed by atoms with van der Waals surface area (Å²) < 4.78 is 9.30. The summed E-state index contributed by atoms with van der Waals surface area (Å²) in [5, 5.41) is 13.0. The predicted molar refractivity (Wildman–Crippen MR) is 156 cm³/mol. The van der Waals surface area contributed by atoms with E-state index in [0.29, 0.717) is 28.8 Å². The van der Waals surface area contributed by atoms with Gasteiger partial charge in [-0.15, -0.1) is 0 Å². The fraction of sp³-hybridized carbons (Fsp3) is 0.533. The number of carbonyl (C=O) groups excluding carboxylic acids is 1. The molecule has 10 nitrogen and oxygen atoms in total. The number of methoxy groups -OCH3 is 1. The molecule has 1 saturated heterocycles. The number of hydrogen-bond donors (Lipinski definition) is 1. The minimum absolute atomic E-state index is 0.262. The van der Waals surface area contributed by atoms with E-state index in [-0.39, 0.29) is 11.4 Å². The van der Waals surface area contributed by atoms with Crippen molar-refractivity contribution in [1.82, 2.24) is 34.2 Å². The van der Waals surface area contributed by atoms with E-state index in [1.807, 2.05) is 24.3 Å². The van der Waals surface area contributed by atoms with Crippen LogP contribution in [0, 0.1) is 5.92 Å². The van der Waals surface area contributed by atoms with Gasteiger partial charge in [0.2, 0.25) is 0 Å². The molecule has 0 radical (unpaired) electrons. The Hall–Kier alpha value is -3.50. The molecule has 2 fully saturated rings. The molecule has 0 spiro atoms. The number of anilines is 1. The largest absolute Gasteiger partial charge is 0.496 e. The van der Waals surface area contributed by atoms with Gasteiger partial charge in [-0.3, -0.25) is 14.4 Å². The van der Waals surface area contributed by atoms with Crippen molar-refractivity contribution in [2.75, 3.05) is 45.2 Å². The summed E-state index contributed by atoms with van der Waals surface area (Å²) in [6, 6.07) is 7.76. The second kappa shape index (κ2) is 10.8. The Bertz CT molecular complexity index is 1490. The molecule has 1 amide bonds. The number of rotatable bonds is 6. The van der Waals surface area contributed by atoms with Crippen molar-refractivity contribution < 1.29 is 9.53 Å². The van der Waals surface area contributed by atoms with Gasteiger partial charge in [0.1, 0.15) is 5.75 Å². The normalized spacial score (nSPS) is 21.2. The summed E-state index contributed by atoms with van der Waals surface area (Å²) >= 11 is 0. The summed E-state index contributed by atoms with van der Waals surface area (Å²) in [7, 11) is 1.58. The molecule has 1 aliphatic heterocycles. The molecule has 1 saturated carbocycles. The Kier molecular flexibility index (Phi) is 7.22. The van der Waals surface area contributed by atoms with E-state index < -0.39 is 0 Å². The number of piperazine rings is 1. The van der Waals surface area contributed by atoms with Gasteiger partial charge in [0.25, 0.3) is 5.91 Å². The molecule has 1 aromatic carbocycles. The molecule has 40 heavy (non-hydrogen) atoms. The van der Waals surface area contributed by atoms with Crippen LogP contribution in [0.1, 0.15) is 62.9 Å². The molecule has 10 heteroatoms. The fourth-order valence-electron chi connectivity index (χ4n) is 6.26. The van der Waals surface area contributed by atoms with E-state index in [4.69, 9.17) is 9.84 Å². The molecule has 4 heterocycles. The molecule has 3 aromatic heterocycles. The molecule has 0 unspecified atom stereocenters. The van der Waals surface area contributed by atoms with Gasteiger partial charge in [0.05, 0.1) is 30.4 Å². The molecule has 6 rings (SSSR count).